The van der Waals surface area contributed by atoms with Crippen LogP contribution in [0.5, 0.6) is 0 Å². The van der Waals surface area contributed by atoms with E-state index in [4.69, 9.17) is 11.6 Å². The number of carboxylic acid groups (broad SMARTS) is 1. The number of nitrogens with zero attached hydrogens (tertiary/aromatic N) is 1. The monoisotopic (exact) mass is 314 g/mol. The molecule has 116 valence electrons. The van der Waals surface area contributed by atoms with Crippen LogP contribution in [0.15, 0.2) is 12.1 Å². The number of benzene rings is 1. The highest BCUT2D eigenvalue weighted by molar-refractivity contribution is 6.34. The largest absolute Gasteiger partial charge is 0.478 e. The van der Waals surface area contributed by atoms with Crippen LogP contribution < -0.4 is 5.32 Å². The third-order valence-corrected chi connectivity index (χ3v) is 3.66. The smallest absolute Gasteiger partial charge is 0.338 e. The number of nitrogens with one attached hydrogen (secondary N) is 1. The molecule has 6 nitrogen and oxygen atoms in total. The summed E-state index contributed by atoms with van der Waals surface area (Å²) in [7, 11) is 0. The van der Waals surface area contributed by atoms with Gasteiger partial charge in [-0.2, -0.15) is 0 Å². The number of carbonyl (C=O) groups is 1. The lowest BCUT2D eigenvalue weighted by Gasteiger charge is -2.20. The number of halogens is 1. The fourth-order valence-electron chi connectivity index (χ4n) is 2.09. The summed E-state index contributed by atoms with van der Waals surface area (Å²) >= 11 is 6.01. The van der Waals surface area contributed by atoms with Crippen molar-refractivity contribution >= 4 is 28.9 Å². The second kappa shape index (κ2) is 7.26. The van der Waals surface area contributed by atoms with Gasteiger partial charge in [-0.05, 0) is 19.3 Å². The van der Waals surface area contributed by atoms with Gasteiger partial charge < -0.3 is 10.4 Å². The minimum absolute atomic E-state index is 0.0111. The van der Waals surface area contributed by atoms with Crippen molar-refractivity contribution in [3.63, 3.8) is 0 Å². The van der Waals surface area contributed by atoms with E-state index in [-0.39, 0.29) is 28.0 Å². The van der Waals surface area contributed by atoms with Crippen molar-refractivity contribution in [2.45, 2.75) is 39.7 Å². The zero-order valence-electron chi connectivity index (χ0n) is 12.2. The quantitative estimate of drug-likeness (QED) is 0.581. The number of hydrogen-bond donors (Lipinski definition) is 2. The van der Waals surface area contributed by atoms with Crippen LogP contribution in [0.1, 0.15) is 44.0 Å². The van der Waals surface area contributed by atoms with E-state index in [9.17, 15) is 20.0 Å². The molecule has 1 aromatic rings. The summed E-state index contributed by atoms with van der Waals surface area (Å²) < 4.78 is 0. The third-order valence-electron chi connectivity index (χ3n) is 3.36. The molecule has 0 heterocycles. The highest BCUT2D eigenvalue weighted by Crippen LogP contribution is 2.32. The van der Waals surface area contributed by atoms with Gasteiger partial charge in [0.2, 0.25) is 0 Å². The molecule has 0 aliphatic heterocycles. The van der Waals surface area contributed by atoms with E-state index in [1.54, 1.807) is 0 Å². The minimum Gasteiger partial charge on any atom is -0.478 e. The summed E-state index contributed by atoms with van der Waals surface area (Å²) in [5, 5.41) is 23.1. The predicted octanol–water partition coefficient (Wildman–Crippen LogP) is 4.18. The van der Waals surface area contributed by atoms with Crippen LogP contribution in [0, 0.1) is 16.0 Å². The Morgan fingerprint density at radius 3 is 2.57 bits per heavy atom. The maximum atomic E-state index is 11.3. The maximum absolute atomic E-state index is 11.3. The molecule has 0 radical (unpaired) electrons. The average molecular weight is 315 g/mol. The van der Waals surface area contributed by atoms with Gasteiger partial charge in [0.05, 0.1) is 21.2 Å². The summed E-state index contributed by atoms with van der Waals surface area (Å²) in [5.74, 6) is -0.767. The van der Waals surface area contributed by atoms with Crippen LogP contribution in [0.2, 0.25) is 5.02 Å². The van der Waals surface area contributed by atoms with Crippen molar-refractivity contribution in [2.24, 2.45) is 5.92 Å². The van der Waals surface area contributed by atoms with Gasteiger partial charge in [-0.15, -0.1) is 0 Å². The van der Waals surface area contributed by atoms with E-state index in [1.807, 2.05) is 6.92 Å². The van der Waals surface area contributed by atoms with E-state index in [2.05, 4.69) is 19.2 Å². The molecule has 2 N–H and O–H groups in total. The van der Waals surface area contributed by atoms with E-state index in [0.717, 1.165) is 25.0 Å². The van der Waals surface area contributed by atoms with E-state index < -0.39 is 10.9 Å². The predicted molar refractivity (Wildman–Crippen MR) is 82.2 cm³/mol. The normalized spacial score (nSPS) is 13.5. The molecule has 0 spiro atoms. The molecule has 0 aromatic heterocycles. The zero-order valence-corrected chi connectivity index (χ0v) is 13.0. The molecule has 0 bridgehead atoms. The summed E-state index contributed by atoms with van der Waals surface area (Å²) in [6.45, 7) is 6.11. The molecular formula is C14H19ClN2O4. The molecule has 0 fully saturated rings. The zero-order chi connectivity index (χ0) is 16.2. The highest BCUT2D eigenvalue weighted by atomic mass is 35.5. The topological polar surface area (TPSA) is 92.5 Å². The first-order valence-electron chi connectivity index (χ1n) is 6.74. The minimum atomic E-state index is -1.25. The molecular weight excluding hydrogens is 296 g/mol. The van der Waals surface area contributed by atoms with Gasteiger partial charge in [-0.3, -0.25) is 10.1 Å². The van der Waals surface area contributed by atoms with Gasteiger partial charge in [0.25, 0.3) is 5.69 Å². The Hall–Kier alpha value is -1.82. The van der Waals surface area contributed by atoms with Gasteiger partial charge in [-0.1, -0.05) is 31.9 Å². The van der Waals surface area contributed by atoms with Crippen LogP contribution in [0.4, 0.5) is 11.4 Å². The molecule has 2 atom stereocenters. The number of nitro groups is 1. The van der Waals surface area contributed by atoms with Crippen LogP contribution in [-0.2, 0) is 0 Å². The Morgan fingerprint density at radius 2 is 2.10 bits per heavy atom. The lowest BCUT2D eigenvalue weighted by molar-refractivity contribution is -0.384. The Bertz CT molecular complexity index is 548. The number of carboxylic acids is 1. The molecule has 1 rings (SSSR count). The molecule has 7 heteroatoms. The van der Waals surface area contributed by atoms with Gasteiger partial charge in [-0.25, -0.2) is 4.79 Å². The van der Waals surface area contributed by atoms with Gasteiger partial charge in [0, 0.05) is 18.2 Å². The third kappa shape index (κ3) is 4.60. The first-order valence-corrected chi connectivity index (χ1v) is 7.11. The second-order valence-corrected chi connectivity index (χ2v) is 5.61. The van der Waals surface area contributed by atoms with Gasteiger partial charge in [0.1, 0.15) is 0 Å². The number of nitro benzene ring substituents is 1. The molecule has 0 saturated carbocycles. The standard InChI is InChI=1S/C14H19ClN2O4/c1-4-8(2)5-9(3)16-13-11(14(18)19)6-10(17(20)21)7-12(13)15/h6-9,16H,4-5H2,1-3H3,(H,18,19). The van der Waals surface area contributed by atoms with Crippen molar-refractivity contribution in [1.29, 1.82) is 0 Å². The SMILES string of the molecule is CCC(C)CC(C)Nc1c(Cl)cc([N+](=O)[O-])cc1C(=O)O. The van der Waals surface area contributed by atoms with Crippen molar-refractivity contribution in [3.8, 4) is 0 Å². The fourth-order valence-corrected chi connectivity index (χ4v) is 2.36. The summed E-state index contributed by atoms with van der Waals surface area (Å²) in [6.07, 6.45) is 1.87. The van der Waals surface area contributed by atoms with Crippen molar-refractivity contribution in [3.05, 3.63) is 32.8 Å². The van der Waals surface area contributed by atoms with Crippen molar-refractivity contribution < 1.29 is 14.8 Å². The molecule has 1 aromatic carbocycles. The van der Waals surface area contributed by atoms with E-state index in [0.29, 0.717) is 5.92 Å². The van der Waals surface area contributed by atoms with Crippen molar-refractivity contribution in [2.75, 3.05) is 5.32 Å². The van der Waals surface area contributed by atoms with E-state index >= 15 is 0 Å². The number of hydrogen-bond acceptors (Lipinski definition) is 4. The van der Waals surface area contributed by atoms with Crippen LogP contribution in [0.3, 0.4) is 0 Å². The highest BCUT2D eigenvalue weighted by Gasteiger charge is 2.21. The Balaban J connectivity index is 3.11. The van der Waals surface area contributed by atoms with Gasteiger partial charge >= 0.3 is 5.97 Å². The molecule has 2 unspecified atom stereocenters. The summed E-state index contributed by atoms with van der Waals surface area (Å²) in [4.78, 5) is 21.4. The maximum Gasteiger partial charge on any atom is 0.338 e. The van der Waals surface area contributed by atoms with Crippen LogP contribution in [-0.4, -0.2) is 22.0 Å². The molecule has 0 aliphatic carbocycles. The number of anilines is 1. The van der Waals surface area contributed by atoms with Crippen LogP contribution in [0.25, 0.3) is 0 Å². The Labute approximate surface area is 128 Å². The number of non-ortho nitro benzene ring substituents is 1. The Morgan fingerprint density at radius 1 is 1.48 bits per heavy atom. The van der Waals surface area contributed by atoms with Gasteiger partial charge in [0.15, 0.2) is 0 Å². The van der Waals surface area contributed by atoms with Crippen LogP contribution >= 0.6 is 11.6 Å². The lowest BCUT2D eigenvalue weighted by atomic mass is 10.00. The van der Waals surface area contributed by atoms with Crippen molar-refractivity contribution in [1.82, 2.24) is 0 Å². The first kappa shape index (κ1) is 17.2. The molecule has 21 heavy (non-hydrogen) atoms. The summed E-state index contributed by atoms with van der Waals surface area (Å²) in [6, 6.07) is 2.19. The lowest BCUT2D eigenvalue weighted by Crippen LogP contribution is -2.20. The molecule has 0 saturated heterocycles. The molecule has 0 aliphatic rings. The average Bonchev–Trinajstić information content (AvgIpc) is 2.39. The first-order chi connectivity index (χ1) is 9.76. The Kier molecular flexibility index (Phi) is 5.96. The second-order valence-electron chi connectivity index (χ2n) is 5.21. The number of aromatic carboxylic acids is 1. The fraction of sp³-hybridized carbons (Fsp3) is 0.500. The summed E-state index contributed by atoms with van der Waals surface area (Å²) in [5.41, 5.74) is -0.298. The molecule has 0 amide bonds. The van der Waals surface area contributed by atoms with E-state index in [1.165, 1.54) is 0 Å². The number of rotatable bonds is 7.